The van der Waals surface area contributed by atoms with Gasteiger partial charge in [-0.25, -0.2) is 4.98 Å². The van der Waals surface area contributed by atoms with Crippen LogP contribution in [0.3, 0.4) is 0 Å². The van der Waals surface area contributed by atoms with E-state index in [1.807, 2.05) is 16.9 Å². The maximum Gasteiger partial charge on any atom is 0.126 e. The van der Waals surface area contributed by atoms with Gasteiger partial charge in [-0.05, 0) is 13.0 Å². The molecule has 1 aliphatic rings. The van der Waals surface area contributed by atoms with Crippen molar-refractivity contribution in [1.29, 1.82) is 0 Å². The van der Waals surface area contributed by atoms with Crippen molar-refractivity contribution in [2.45, 2.75) is 26.1 Å². The van der Waals surface area contributed by atoms with E-state index in [2.05, 4.69) is 28.5 Å². The van der Waals surface area contributed by atoms with Crippen molar-refractivity contribution in [2.75, 3.05) is 19.7 Å². The second-order valence-electron chi connectivity index (χ2n) is 5.88. The maximum atomic E-state index is 5.93. The summed E-state index contributed by atoms with van der Waals surface area (Å²) in [5.74, 6) is 0. The van der Waals surface area contributed by atoms with Crippen LogP contribution in [-0.4, -0.2) is 39.4 Å². The first-order valence-corrected chi connectivity index (χ1v) is 9.03. The van der Waals surface area contributed by atoms with Crippen LogP contribution in [0.15, 0.2) is 40.8 Å². The molecule has 126 valence electrons. The Kier molecular flexibility index (Phi) is 4.46. The summed E-state index contributed by atoms with van der Waals surface area (Å²) in [7, 11) is 0. The molecule has 0 saturated carbocycles. The van der Waals surface area contributed by atoms with Gasteiger partial charge in [-0.2, -0.15) is 5.10 Å². The van der Waals surface area contributed by atoms with Crippen LogP contribution in [0, 0.1) is 0 Å². The molecule has 1 atom stereocenters. The highest BCUT2D eigenvalue weighted by Gasteiger charge is 2.23. The molecule has 0 bridgehead atoms. The van der Waals surface area contributed by atoms with Gasteiger partial charge < -0.3 is 9.15 Å². The number of furan rings is 1. The third kappa shape index (κ3) is 3.28. The summed E-state index contributed by atoms with van der Waals surface area (Å²) in [6.45, 7) is 6.35. The number of aryl methyl sites for hydroxylation is 1. The zero-order valence-electron chi connectivity index (χ0n) is 13.6. The fourth-order valence-electron chi connectivity index (χ4n) is 2.89. The van der Waals surface area contributed by atoms with Gasteiger partial charge in [-0.3, -0.25) is 9.58 Å². The molecule has 0 amide bonds. The van der Waals surface area contributed by atoms with Crippen LogP contribution in [-0.2, 0) is 17.8 Å². The highest BCUT2D eigenvalue weighted by Crippen LogP contribution is 2.26. The minimum Gasteiger partial charge on any atom is -0.472 e. The SMILES string of the molecule is CCn1cc([C@@H]2CN(Cc3csc(-c4ccoc4)n3)CCO2)cn1. The number of ether oxygens (including phenoxy) is 1. The largest absolute Gasteiger partial charge is 0.472 e. The molecule has 3 aromatic rings. The molecular weight excluding hydrogens is 324 g/mol. The molecule has 24 heavy (non-hydrogen) atoms. The molecule has 0 unspecified atom stereocenters. The second kappa shape index (κ2) is 6.88. The van der Waals surface area contributed by atoms with E-state index < -0.39 is 0 Å². The maximum absolute atomic E-state index is 5.93. The lowest BCUT2D eigenvalue weighted by atomic mass is 10.1. The van der Waals surface area contributed by atoms with E-state index in [1.54, 1.807) is 23.9 Å². The number of morpholine rings is 1. The number of rotatable bonds is 5. The van der Waals surface area contributed by atoms with Gasteiger partial charge >= 0.3 is 0 Å². The molecule has 1 fully saturated rings. The average molecular weight is 344 g/mol. The first-order valence-electron chi connectivity index (χ1n) is 8.15. The van der Waals surface area contributed by atoms with E-state index >= 15 is 0 Å². The Balaban J connectivity index is 1.41. The lowest BCUT2D eigenvalue weighted by Gasteiger charge is -2.32. The van der Waals surface area contributed by atoms with Crippen LogP contribution < -0.4 is 0 Å². The first-order chi connectivity index (χ1) is 11.8. The molecule has 3 aromatic heterocycles. The summed E-state index contributed by atoms with van der Waals surface area (Å²) >= 11 is 1.66. The molecule has 0 N–H and O–H groups in total. The van der Waals surface area contributed by atoms with E-state index in [0.717, 1.165) is 54.6 Å². The summed E-state index contributed by atoms with van der Waals surface area (Å²) in [4.78, 5) is 7.12. The third-order valence-electron chi connectivity index (χ3n) is 4.21. The molecule has 1 aliphatic heterocycles. The Bertz CT molecular complexity index is 780. The molecule has 4 heterocycles. The summed E-state index contributed by atoms with van der Waals surface area (Å²) in [5.41, 5.74) is 3.29. The van der Waals surface area contributed by atoms with Crippen molar-refractivity contribution in [3.05, 3.63) is 47.6 Å². The lowest BCUT2D eigenvalue weighted by molar-refractivity contribution is -0.0332. The lowest BCUT2D eigenvalue weighted by Crippen LogP contribution is -2.37. The Morgan fingerprint density at radius 3 is 3.17 bits per heavy atom. The van der Waals surface area contributed by atoms with Crippen molar-refractivity contribution in [1.82, 2.24) is 19.7 Å². The van der Waals surface area contributed by atoms with Gasteiger partial charge in [0.1, 0.15) is 11.3 Å². The van der Waals surface area contributed by atoms with Crippen LogP contribution in [0.2, 0.25) is 0 Å². The average Bonchev–Trinajstić information content (AvgIpc) is 3.36. The summed E-state index contributed by atoms with van der Waals surface area (Å²) in [6.07, 6.45) is 7.50. The van der Waals surface area contributed by atoms with Crippen LogP contribution >= 0.6 is 11.3 Å². The Labute approximate surface area is 144 Å². The van der Waals surface area contributed by atoms with Crippen molar-refractivity contribution in [2.24, 2.45) is 0 Å². The highest BCUT2D eigenvalue weighted by molar-refractivity contribution is 7.13. The highest BCUT2D eigenvalue weighted by atomic mass is 32.1. The van der Waals surface area contributed by atoms with E-state index in [-0.39, 0.29) is 6.10 Å². The second-order valence-corrected chi connectivity index (χ2v) is 6.74. The molecule has 0 spiro atoms. The number of hydrogen-bond donors (Lipinski definition) is 0. The van der Waals surface area contributed by atoms with Gasteiger partial charge in [-0.1, -0.05) is 0 Å². The van der Waals surface area contributed by atoms with Gasteiger partial charge in [0.25, 0.3) is 0 Å². The standard InChI is InChI=1S/C17H20N4O2S/c1-2-21-8-14(7-18-21)16-10-20(4-6-23-16)9-15-12-24-17(19-15)13-3-5-22-11-13/h3,5,7-8,11-12,16H,2,4,6,9-10H2,1H3/t16-/m0/s1. The quantitative estimate of drug-likeness (QED) is 0.711. The molecule has 0 radical (unpaired) electrons. The van der Waals surface area contributed by atoms with Crippen LogP contribution in [0.4, 0.5) is 0 Å². The van der Waals surface area contributed by atoms with Gasteiger partial charge in [-0.15, -0.1) is 11.3 Å². The predicted molar refractivity (Wildman–Crippen MR) is 91.7 cm³/mol. The molecule has 6 nitrogen and oxygen atoms in total. The molecule has 1 saturated heterocycles. The fourth-order valence-corrected chi connectivity index (χ4v) is 3.69. The fraction of sp³-hybridized carbons (Fsp3) is 0.412. The van der Waals surface area contributed by atoms with Crippen LogP contribution in [0.25, 0.3) is 10.6 Å². The molecule has 4 rings (SSSR count). The zero-order chi connectivity index (χ0) is 16.4. The number of aromatic nitrogens is 3. The van der Waals surface area contributed by atoms with E-state index in [1.165, 1.54) is 0 Å². The van der Waals surface area contributed by atoms with Gasteiger partial charge in [0.2, 0.25) is 0 Å². The molecular formula is C17H20N4O2S. The molecule has 0 aliphatic carbocycles. The van der Waals surface area contributed by atoms with Gasteiger partial charge in [0.05, 0.1) is 30.9 Å². The third-order valence-corrected chi connectivity index (χ3v) is 5.15. The van der Waals surface area contributed by atoms with E-state index in [4.69, 9.17) is 14.1 Å². The van der Waals surface area contributed by atoms with Crippen LogP contribution in [0.1, 0.15) is 24.3 Å². The van der Waals surface area contributed by atoms with Gasteiger partial charge in [0.15, 0.2) is 0 Å². The molecule has 0 aromatic carbocycles. The van der Waals surface area contributed by atoms with E-state index in [9.17, 15) is 0 Å². The van der Waals surface area contributed by atoms with Crippen molar-refractivity contribution in [3.63, 3.8) is 0 Å². The molecule has 7 heteroatoms. The smallest absolute Gasteiger partial charge is 0.126 e. The number of hydrogen-bond acceptors (Lipinski definition) is 6. The summed E-state index contributed by atoms with van der Waals surface area (Å²) in [6, 6.07) is 1.94. The van der Waals surface area contributed by atoms with Crippen molar-refractivity contribution >= 4 is 11.3 Å². The van der Waals surface area contributed by atoms with Gasteiger partial charge in [0, 0.05) is 48.9 Å². The Morgan fingerprint density at radius 1 is 1.42 bits per heavy atom. The zero-order valence-corrected chi connectivity index (χ0v) is 14.4. The topological polar surface area (TPSA) is 56.3 Å². The normalized spacial score (nSPS) is 19.0. The Hall–Kier alpha value is -1.96. The monoisotopic (exact) mass is 344 g/mol. The minimum atomic E-state index is 0.0889. The van der Waals surface area contributed by atoms with Crippen LogP contribution in [0.5, 0.6) is 0 Å². The summed E-state index contributed by atoms with van der Waals surface area (Å²) in [5, 5.41) is 7.48. The number of nitrogens with zero attached hydrogens (tertiary/aromatic N) is 4. The first kappa shape index (κ1) is 15.6. The van der Waals surface area contributed by atoms with E-state index in [0.29, 0.717) is 0 Å². The number of thiazole rings is 1. The minimum absolute atomic E-state index is 0.0889. The summed E-state index contributed by atoms with van der Waals surface area (Å²) < 4.78 is 13.0. The van der Waals surface area contributed by atoms with Crippen molar-refractivity contribution in [3.8, 4) is 10.6 Å². The Morgan fingerprint density at radius 2 is 2.38 bits per heavy atom. The predicted octanol–water partition coefficient (Wildman–Crippen LogP) is 3.19. The van der Waals surface area contributed by atoms with Crippen molar-refractivity contribution < 1.29 is 9.15 Å².